The highest BCUT2D eigenvalue weighted by molar-refractivity contribution is 7.89. The molecule has 2 amide bonds. The molecule has 0 bridgehead atoms. The van der Waals surface area contributed by atoms with Gasteiger partial charge in [0.25, 0.3) is 0 Å². The highest BCUT2D eigenvalue weighted by Crippen LogP contribution is 2.31. The SMILES string of the molecule is COc1ccc(OC)c(S(=O)(=O)N2CCN(C(=O)Nc3ccccc3)CC2)c1. The third-order valence-electron chi connectivity index (χ3n) is 4.54. The Morgan fingerprint density at radius 2 is 1.64 bits per heavy atom. The van der Waals surface area contributed by atoms with E-state index in [-0.39, 0.29) is 29.8 Å². The second-order valence-corrected chi connectivity index (χ2v) is 8.11. The fourth-order valence-corrected chi connectivity index (χ4v) is 4.57. The Morgan fingerprint density at radius 1 is 0.964 bits per heavy atom. The van der Waals surface area contributed by atoms with Gasteiger partial charge in [0.2, 0.25) is 10.0 Å². The zero-order chi connectivity index (χ0) is 20.1. The van der Waals surface area contributed by atoms with E-state index >= 15 is 0 Å². The molecule has 1 N–H and O–H groups in total. The highest BCUT2D eigenvalue weighted by Gasteiger charge is 2.32. The molecule has 1 aliphatic rings. The van der Waals surface area contributed by atoms with Crippen LogP contribution in [0.25, 0.3) is 0 Å². The van der Waals surface area contributed by atoms with Gasteiger partial charge in [-0.25, -0.2) is 13.2 Å². The van der Waals surface area contributed by atoms with E-state index in [0.29, 0.717) is 24.5 Å². The molecule has 0 aromatic heterocycles. The van der Waals surface area contributed by atoms with Gasteiger partial charge in [0, 0.05) is 37.9 Å². The number of carbonyl (C=O) groups excluding carboxylic acids is 1. The van der Waals surface area contributed by atoms with Crippen molar-refractivity contribution in [2.24, 2.45) is 0 Å². The number of benzene rings is 2. The Hall–Kier alpha value is -2.78. The van der Waals surface area contributed by atoms with Gasteiger partial charge in [-0.3, -0.25) is 0 Å². The quantitative estimate of drug-likeness (QED) is 0.824. The number of rotatable bonds is 5. The molecule has 9 heteroatoms. The van der Waals surface area contributed by atoms with Crippen LogP contribution in [0.4, 0.5) is 10.5 Å². The molecule has 1 aliphatic heterocycles. The Morgan fingerprint density at radius 3 is 2.25 bits per heavy atom. The number of sulfonamides is 1. The van der Waals surface area contributed by atoms with Gasteiger partial charge in [-0.05, 0) is 24.3 Å². The lowest BCUT2D eigenvalue weighted by molar-refractivity contribution is 0.184. The molecule has 2 aromatic rings. The van der Waals surface area contributed by atoms with E-state index in [1.165, 1.54) is 24.6 Å². The van der Waals surface area contributed by atoms with Crippen molar-refractivity contribution < 1.29 is 22.7 Å². The third-order valence-corrected chi connectivity index (χ3v) is 6.46. The van der Waals surface area contributed by atoms with Crippen molar-refractivity contribution >= 4 is 21.7 Å². The second-order valence-electron chi connectivity index (χ2n) is 6.20. The number of methoxy groups -OCH3 is 2. The lowest BCUT2D eigenvalue weighted by Gasteiger charge is -2.34. The maximum atomic E-state index is 13.1. The van der Waals surface area contributed by atoms with Crippen molar-refractivity contribution in [1.82, 2.24) is 9.21 Å². The van der Waals surface area contributed by atoms with Crippen molar-refractivity contribution in [3.05, 3.63) is 48.5 Å². The number of hydrogen-bond donors (Lipinski definition) is 1. The summed E-state index contributed by atoms with van der Waals surface area (Å²) in [5.74, 6) is 0.685. The van der Waals surface area contributed by atoms with E-state index in [0.717, 1.165) is 0 Å². The van der Waals surface area contributed by atoms with Crippen LogP contribution in [0.15, 0.2) is 53.4 Å². The summed E-state index contributed by atoms with van der Waals surface area (Å²) in [6, 6.07) is 13.5. The van der Waals surface area contributed by atoms with E-state index in [4.69, 9.17) is 9.47 Å². The molecule has 0 saturated carbocycles. The number of anilines is 1. The minimum absolute atomic E-state index is 0.0523. The zero-order valence-corrected chi connectivity index (χ0v) is 16.6. The molecule has 1 heterocycles. The summed E-state index contributed by atoms with van der Waals surface area (Å²) < 4.78 is 37.9. The maximum Gasteiger partial charge on any atom is 0.321 e. The van der Waals surface area contributed by atoms with Crippen LogP contribution in [0.3, 0.4) is 0 Å². The number of amides is 2. The summed E-state index contributed by atoms with van der Waals surface area (Å²) in [5.41, 5.74) is 0.698. The van der Waals surface area contributed by atoms with Gasteiger partial charge in [0.15, 0.2) is 0 Å². The van der Waals surface area contributed by atoms with Crippen LogP contribution in [0.1, 0.15) is 0 Å². The van der Waals surface area contributed by atoms with Crippen molar-refractivity contribution in [3.8, 4) is 11.5 Å². The highest BCUT2D eigenvalue weighted by atomic mass is 32.2. The van der Waals surface area contributed by atoms with E-state index in [9.17, 15) is 13.2 Å². The molecule has 1 fully saturated rings. The van der Waals surface area contributed by atoms with E-state index in [1.54, 1.807) is 29.2 Å². The molecular weight excluding hydrogens is 382 g/mol. The monoisotopic (exact) mass is 405 g/mol. The first-order valence-electron chi connectivity index (χ1n) is 8.79. The topological polar surface area (TPSA) is 88.2 Å². The average molecular weight is 405 g/mol. The van der Waals surface area contributed by atoms with Gasteiger partial charge in [-0.2, -0.15) is 4.31 Å². The molecule has 0 spiro atoms. The summed E-state index contributed by atoms with van der Waals surface area (Å²) in [7, 11) is -0.878. The number of carbonyl (C=O) groups is 1. The number of piperazine rings is 1. The minimum Gasteiger partial charge on any atom is -0.497 e. The maximum absolute atomic E-state index is 13.1. The lowest BCUT2D eigenvalue weighted by Crippen LogP contribution is -2.51. The molecule has 0 radical (unpaired) electrons. The molecule has 0 atom stereocenters. The van der Waals surface area contributed by atoms with Gasteiger partial charge in [-0.1, -0.05) is 18.2 Å². The Bertz CT molecular complexity index is 926. The van der Waals surface area contributed by atoms with Crippen molar-refractivity contribution in [1.29, 1.82) is 0 Å². The smallest absolute Gasteiger partial charge is 0.321 e. The molecule has 1 saturated heterocycles. The third kappa shape index (κ3) is 4.20. The van der Waals surface area contributed by atoms with Crippen molar-refractivity contribution in [2.45, 2.75) is 4.90 Å². The number of urea groups is 1. The number of nitrogens with zero attached hydrogens (tertiary/aromatic N) is 2. The largest absolute Gasteiger partial charge is 0.497 e. The molecule has 8 nitrogen and oxygen atoms in total. The van der Waals surface area contributed by atoms with Crippen LogP contribution < -0.4 is 14.8 Å². The average Bonchev–Trinajstić information content (AvgIpc) is 2.74. The summed E-state index contributed by atoms with van der Waals surface area (Å²) in [6.07, 6.45) is 0. The minimum atomic E-state index is -3.78. The Kier molecular flexibility index (Phi) is 6.05. The summed E-state index contributed by atoms with van der Waals surface area (Å²) in [4.78, 5) is 14.0. The van der Waals surface area contributed by atoms with Crippen molar-refractivity contribution in [2.75, 3.05) is 45.7 Å². The molecule has 0 unspecified atom stereocenters. The first-order chi connectivity index (χ1) is 13.5. The fraction of sp³-hybridized carbons (Fsp3) is 0.316. The number of nitrogens with one attached hydrogen (secondary N) is 1. The van der Waals surface area contributed by atoms with Crippen LogP contribution in [-0.4, -0.2) is 64.1 Å². The first kappa shape index (κ1) is 20.0. The summed E-state index contributed by atoms with van der Waals surface area (Å²) in [6.45, 7) is 0.990. The fourth-order valence-electron chi connectivity index (χ4n) is 2.98. The molecular formula is C19H23N3O5S. The van der Waals surface area contributed by atoms with E-state index < -0.39 is 10.0 Å². The molecule has 28 heavy (non-hydrogen) atoms. The van der Waals surface area contributed by atoms with Crippen LogP contribution >= 0.6 is 0 Å². The summed E-state index contributed by atoms with van der Waals surface area (Å²) >= 11 is 0. The van der Waals surface area contributed by atoms with Crippen LogP contribution in [0, 0.1) is 0 Å². The standard InChI is InChI=1S/C19H23N3O5S/c1-26-16-8-9-17(27-2)18(14-16)28(24,25)22-12-10-21(11-13-22)19(23)20-15-6-4-3-5-7-15/h3-9,14H,10-13H2,1-2H3,(H,20,23). The first-order valence-corrected chi connectivity index (χ1v) is 10.2. The van der Waals surface area contributed by atoms with Crippen molar-refractivity contribution in [3.63, 3.8) is 0 Å². The second kappa shape index (κ2) is 8.49. The van der Waals surface area contributed by atoms with E-state index in [2.05, 4.69) is 5.32 Å². The zero-order valence-electron chi connectivity index (χ0n) is 15.8. The normalized spacial score (nSPS) is 15.1. The Labute approximate surface area is 164 Å². The van der Waals surface area contributed by atoms with Crippen LogP contribution in [-0.2, 0) is 10.0 Å². The van der Waals surface area contributed by atoms with Gasteiger partial charge in [0.05, 0.1) is 14.2 Å². The number of para-hydroxylation sites is 1. The van der Waals surface area contributed by atoms with Crippen LogP contribution in [0.2, 0.25) is 0 Å². The van der Waals surface area contributed by atoms with Crippen LogP contribution in [0.5, 0.6) is 11.5 Å². The van der Waals surface area contributed by atoms with Gasteiger partial charge >= 0.3 is 6.03 Å². The predicted octanol–water partition coefficient (Wildman–Crippen LogP) is 2.24. The molecule has 3 rings (SSSR count). The number of hydrogen-bond acceptors (Lipinski definition) is 5. The Balaban J connectivity index is 1.69. The van der Waals surface area contributed by atoms with E-state index in [1.807, 2.05) is 18.2 Å². The number of ether oxygens (including phenoxy) is 2. The van der Waals surface area contributed by atoms with Gasteiger partial charge in [0.1, 0.15) is 16.4 Å². The molecule has 150 valence electrons. The van der Waals surface area contributed by atoms with Gasteiger partial charge in [-0.15, -0.1) is 0 Å². The predicted molar refractivity (Wildman–Crippen MR) is 105 cm³/mol. The molecule has 2 aromatic carbocycles. The molecule has 0 aliphatic carbocycles. The van der Waals surface area contributed by atoms with Gasteiger partial charge < -0.3 is 19.7 Å². The lowest BCUT2D eigenvalue weighted by atomic mass is 10.3. The summed E-state index contributed by atoms with van der Waals surface area (Å²) in [5, 5.41) is 2.81.